The summed E-state index contributed by atoms with van der Waals surface area (Å²) in [5, 5.41) is 2.28. The first-order valence-corrected chi connectivity index (χ1v) is 25.1. The molecule has 0 spiro atoms. The number of aromatic nitrogens is 2. The molecule has 3 N–H and O–H groups in total. The Balaban J connectivity index is 0.799. The van der Waals surface area contributed by atoms with Crippen LogP contribution in [0.25, 0.3) is 21.8 Å². The number of benzene rings is 2. The number of rotatable bonds is 43. The van der Waals surface area contributed by atoms with Crippen LogP contribution >= 0.6 is 0 Å². The molecule has 394 valence electrons. The molecule has 0 radical (unpaired) electrons. The van der Waals surface area contributed by atoms with Gasteiger partial charge in [0.05, 0.1) is 182 Å². The van der Waals surface area contributed by atoms with Crippen LogP contribution in [0.3, 0.4) is 0 Å². The van der Waals surface area contributed by atoms with Gasteiger partial charge in [0.2, 0.25) is 0 Å². The van der Waals surface area contributed by atoms with E-state index in [1.54, 1.807) is 0 Å². The number of esters is 1. The number of aromatic amines is 1. The molecule has 1 fully saturated rings. The van der Waals surface area contributed by atoms with E-state index < -0.39 is 5.60 Å². The van der Waals surface area contributed by atoms with Crippen molar-refractivity contribution in [1.82, 2.24) is 14.9 Å². The number of carbonyl (C=O) groups excluding carboxylic acids is 1. The highest BCUT2D eigenvalue weighted by Crippen LogP contribution is 2.32. The van der Waals surface area contributed by atoms with E-state index in [0.717, 1.165) is 85.3 Å². The second kappa shape index (κ2) is 36.6. The van der Waals surface area contributed by atoms with Gasteiger partial charge >= 0.3 is 5.97 Å². The topological polar surface area (TPSA) is 198 Å². The summed E-state index contributed by atoms with van der Waals surface area (Å²) in [7, 11) is 0. The molecule has 2 aromatic carbocycles. The van der Waals surface area contributed by atoms with Gasteiger partial charge in [-0.1, -0.05) is 19.4 Å². The van der Waals surface area contributed by atoms with E-state index in [-0.39, 0.29) is 12.4 Å². The maximum atomic E-state index is 11.6. The van der Waals surface area contributed by atoms with Crippen LogP contribution in [0.1, 0.15) is 52.8 Å². The number of imidazole rings is 1. The van der Waals surface area contributed by atoms with Crippen LogP contribution in [0.5, 0.6) is 0 Å². The third kappa shape index (κ3) is 26.7. The van der Waals surface area contributed by atoms with E-state index in [1.807, 2.05) is 20.8 Å². The first kappa shape index (κ1) is 58.3. The Labute approximate surface area is 410 Å². The monoisotopic (exact) mass is 980 g/mol. The Kier molecular flexibility index (Phi) is 30.9. The molecule has 1 aliphatic heterocycles. The van der Waals surface area contributed by atoms with Crippen molar-refractivity contribution in [1.29, 1.82) is 0 Å². The number of nitrogens with two attached hydrogens (primary N) is 1. The SMILES string of the molecule is CCCCc1nc2c([nH]1)c(N)cc1ccc(N3CCN(CCOCCOCCOCCOCCOCCOCCOCCOCCOCCOCCOCCOCCC(=O)OC(C)(C)C)CC3)cc12. The number of nitrogens with one attached hydrogen (secondary N) is 1. The minimum atomic E-state index is -0.479. The largest absolute Gasteiger partial charge is 0.460 e. The Morgan fingerprint density at radius 1 is 0.594 bits per heavy atom. The van der Waals surface area contributed by atoms with Gasteiger partial charge < -0.3 is 77.2 Å². The first-order chi connectivity index (χ1) is 33.7. The van der Waals surface area contributed by atoms with Crippen molar-refractivity contribution in [3.05, 3.63) is 30.1 Å². The Morgan fingerprint density at radius 2 is 1.01 bits per heavy atom. The van der Waals surface area contributed by atoms with E-state index in [1.165, 1.54) is 5.69 Å². The lowest BCUT2D eigenvalue weighted by Gasteiger charge is -2.36. The normalized spacial score (nSPS) is 13.7. The summed E-state index contributed by atoms with van der Waals surface area (Å²) in [5.74, 6) is 0.745. The van der Waals surface area contributed by atoms with E-state index in [0.29, 0.717) is 159 Å². The van der Waals surface area contributed by atoms with Gasteiger partial charge in [0, 0.05) is 50.2 Å². The van der Waals surface area contributed by atoms with Crippen LogP contribution in [0, 0.1) is 0 Å². The van der Waals surface area contributed by atoms with Crippen LogP contribution in [-0.4, -0.2) is 218 Å². The third-order valence-electron chi connectivity index (χ3n) is 10.7. The smallest absolute Gasteiger partial charge is 0.308 e. The summed E-state index contributed by atoms with van der Waals surface area (Å²) in [5.41, 5.74) is 9.81. The van der Waals surface area contributed by atoms with Gasteiger partial charge in [-0.3, -0.25) is 9.69 Å². The molecule has 2 heterocycles. The molecule has 1 aliphatic rings. The molecule has 3 aromatic rings. The maximum absolute atomic E-state index is 11.6. The molecule has 69 heavy (non-hydrogen) atoms. The molecule has 4 rings (SSSR count). The van der Waals surface area contributed by atoms with Crippen LogP contribution in [-0.2, 0) is 72.8 Å². The number of piperazine rings is 1. The Bertz CT molecular complexity index is 1760. The lowest BCUT2D eigenvalue weighted by atomic mass is 10.1. The van der Waals surface area contributed by atoms with Crippen LogP contribution in [0.15, 0.2) is 24.3 Å². The zero-order valence-corrected chi connectivity index (χ0v) is 42.3. The number of H-pyrrole nitrogens is 1. The van der Waals surface area contributed by atoms with Gasteiger partial charge in [-0.15, -0.1) is 0 Å². The van der Waals surface area contributed by atoms with Gasteiger partial charge in [-0.25, -0.2) is 4.98 Å². The second-order valence-electron chi connectivity index (χ2n) is 17.4. The predicted molar refractivity (Wildman–Crippen MR) is 266 cm³/mol. The Morgan fingerprint density at radius 3 is 1.43 bits per heavy atom. The van der Waals surface area contributed by atoms with Gasteiger partial charge in [-0.05, 0) is 50.8 Å². The molecule has 0 aliphatic carbocycles. The van der Waals surface area contributed by atoms with Crippen LogP contribution in [0.4, 0.5) is 11.4 Å². The zero-order chi connectivity index (χ0) is 49.0. The second-order valence-corrected chi connectivity index (χ2v) is 17.4. The minimum absolute atomic E-state index is 0.228. The summed E-state index contributed by atoms with van der Waals surface area (Å²) in [6.07, 6.45) is 3.41. The van der Waals surface area contributed by atoms with Crippen molar-refractivity contribution in [3.8, 4) is 0 Å². The number of hydrogen-bond donors (Lipinski definition) is 2. The highest BCUT2D eigenvalue weighted by Gasteiger charge is 2.19. The summed E-state index contributed by atoms with van der Waals surface area (Å²) < 4.78 is 71.8. The van der Waals surface area contributed by atoms with Crippen molar-refractivity contribution >= 4 is 39.1 Å². The highest BCUT2D eigenvalue weighted by molar-refractivity contribution is 6.10. The number of aryl methyl sites for hydroxylation is 1. The third-order valence-corrected chi connectivity index (χ3v) is 10.7. The van der Waals surface area contributed by atoms with Crippen molar-refractivity contribution in [2.75, 3.05) is 202 Å². The Hall–Kier alpha value is -3.28. The van der Waals surface area contributed by atoms with Crippen molar-refractivity contribution in [2.45, 2.75) is 59.0 Å². The van der Waals surface area contributed by atoms with Gasteiger partial charge in [0.25, 0.3) is 0 Å². The van der Waals surface area contributed by atoms with Crippen molar-refractivity contribution in [3.63, 3.8) is 0 Å². The number of hydrogen-bond acceptors (Lipinski definition) is 18. The zero-order valence-electron chi connectivity index (χ0n) is 42.3. The fraction of sp³-hybridized carbons (Fsp3) is 0.760. The van der Waals surface area contributed by atoms with Crippen LogP contribution < -0.4 is 10.6 Å². The number of fused-ring (bicyclic) bond motifs is 3. The first-order valence-electron chi connectivity index (χ1n) is 25.1. The number of anilines is 2. The highest BCUT2D eigenvalue weighted by atomic mass is 16.6. The van der Waals surface area contributed by atoms with Crippen LogP contribution in [0.2, 0.25) is 0 Å². The summed E-state index contributed by atoms with van der Waals surface area (Å²) in [6.45, 7) is 24.4. The minimum Gasteiger partial charge on any atom is -0.460 e. The average molecular weight is 980 g/mol. The number of ether oxygens (including phenoxy) is 13. The van der Waals surface area contributed by atoms with E-state index in [4.69, 9.17) is 72.3 Å². The van der Waals surface area contributed by atoms with Gasteiger partial charge in [-0.2, -0.15) is 0 Å². The molecule has 0 atom stereocenters. The lowest BCUT2D eigenvalue weighted by molar-refractivity contribution is -0.156. The van der Waals surface area contributed by atoms with Gasteiger partial charge in [0.1, 0.15) is 11.4 Å². The van der Waals surface area contributed by atoms with Gasteiger partial charge in [0.15, 0.2) is 0 Å². The van der Waals surface area contributed by atoms with Crippen molar-refractivity contribution in [2.24, 2.45) is 0 Å². The molecule has 0 saturated carbocycles. The quantitative estimate of drug-likeness (QED) is 0.0449. The fourth-order valence-electron chi connectivity index (χ4n) is 7.09. The molecular formula is C50H85N5O14. The molecule has 0 bridgehead atoms. The number of nitrogen functional groups attached to an aromatic ring is 1. The predicted octanol–water partition coefficient (Wildman–Crippen LogP) is 4.69. The van der Waals surface area contributed by atoms with Crippen molar-refractivity contribution < 1.29 is 66.4 Å². The average Bonchev–Trinajstić information content (AvgIpc) is 3.78. The molecule has 19 heteroatoms. The molecular weight excluding hydrogens is 895 g/mol. The summed E-state index contributed by atoms with van der Waals surface area (Å²) >= 11 is 0. The fourth-order valence-corrected chi connectivity index (χ4v) is 7.09. The maximum Gasteiger partial charge on any atom is 0.308 e. The molecule has 0 amide bonds. The van der Waals surface area contributed by atoms with E-state index in [9.17, 15) is 4.79 Å². The molecule has 19 nitrogen and oxygen atoms in total. The molecule has 1 aromatic heterocycles. The number of nitrogens with zero attached hydrogens (tertiary/aromatic N) is 3. The van der Waals surface area contributed by atoms with E-state index >= 15 is 0 Å². The molecule has 0 unspecified atom stereocenters. The number of carbonyl (C=O) groups is 1. The standard InChI is InChI=1S/C50H85N5O14/c1-5-6-7-46-52-48-44-41-43(9-8-42(44)40-45(51)49(48)53-46)55-13-11-54(12-14-55)15-17-58-19-21-60-23-25-62-27-29-64-31-33-66-35-37-68-39-38-67-36-34-65-32-30-63-28-26-61-24-22-59-20-18-57-16-10-47(56)69-50(2,3)4/h8-9,40-41H,5-7,10-39,51H2,1-4H3,(H,52,53). The lowest BCUT2D eigenvalue weighted by Crippen LogP contribution is -2.47. The van der Waals surface area contributed by atoms with E-state index in [2.05, 4.69) is 46.0 Å². The summed E-state index contributed by atoms with van der Waals surface area (Å²) in [6, 6.07) is 8.70. The summed E-state index contributed by atoms with van der Waals surface area (Å²) in [4.78, 5) is 24.9. The number of unbranched alkanes of at least 4 members (excludes halogenated alkanes) is 1. The molecule has 1 saturated heterocycles.